The fourth-order valence-electron chi connectivity index (χ4n) is 3.21. The molecule has 3 heterocycles. The van der Waals surface area contributed by atoms with Crippen molar-refractivity contribution in [3.05, 3.63) is 23.2 Å². The number of ether oxygens (including phenoxy) is 1. The summed E-state index contributed by atoms with van der Waals surface area (Å²) in [5.41, 5.74) is 0.788. The van der Waals surface area contributed by atoms with Crippen molar-refractivity contribution >= 4 is 44.2 Å². The normalized spacial score (nSPS) is 21.4. The highest BCUT2D eigenvalue weighted by molar-refractivity contribution is 7.22. The van der Waals surface area contributed by atoms with E-state index in [9.17, 15) is 4.79 Å². The number of carbonyl (C=O) groups is 1. The van der Waals surface area contributed by atoms with E-state index in [1.165, 1.54) is 0 Å². The van der Waals surface area contributed by atoms with Gasteiger partial charge in [0.2, 0.25) is 5.91 Å². The van der Waals surface area contributed by atoms with Crippen LogP contribution in [0.15, 0.2) is 18.2 Å². The molecule has 0 radical (unpaired) electrons. The van der Waals surface area contributed by atoms with Crippen molar-refractivity contribution in [2.24, 2.45) is 0 Å². The highest BCUT2D eigenvalue weighted by Gasteiger charge is 2.38. The van der Waals surface area contributed by atoms with Crippen LogP contribution in [0, 0.1) is 0 Å². The Labute approximate surface area is 143 Å². The summed E-state index contributed by atoms with van der Waals surface area (Å²) in [6.07, 6.45) is 2.28. The predicted octanol–water partition coefficient (Wildman–Crippen LogP) is 2.83. The standard InChI is InChI=1S/C16H18ClN3O2S/c17-11-1-2-12-13(9-11)23-15(19-12)20-6-4-16(5-7-20)10-18-14(21)3-8-22-16/h1-2,9H,3-8,10H2,(H,18,21). The highest BCUT2D eigenvalue weighted by atomic mass is 35.5. The molecule has 1 aromatic carbocycles. The van der Waals surface area contributed by atoms with E-state index in [1.807, 2.05) is 18.2 Å². The highest BCUT2D eigenvalue weighted by Crippen LogP contribution is 2.35. The van der Waals surface area contributed by atoms with E-state index in [2.05, 4.69) is 10.2 Å². The van der Waals surface area contributed by atoms with Crippen LogP contribution < -0.4 is 10.2 Å². The number of amides is 1. The average Bonchev–Trinajstić information content (AvgIpc) is 2.88. The topological polar surface area (TPSA) is 54.5 Å². The van der Waals surface area contributed by atoms with Crippen LogP contribution in [-0.2, 0) is 9.53 Å². The summed E-state index contributed by atoms with van der Waals surface area (Å²) in [5, 5.41) is 4.76. The largest absolute Gasteiger partial charge is 0.372 e. The number of hydrogen-bond donors (Lipinski definition) is 1. The number of benzene rings is 1. The van der Waals surface area contributed by atoms with Gasteiger partial charge in [0.25, 0.3) is 0 Å². The number of nitrogens with one attached hydrogen (secondary N) is 1. The van der Waals surface area contributed by atoms with Gasteiger partial charge in [0.15, 0.2) is 5.13 Å². The maximum absolute atomic E-state index is 11.5. The number of carbonyl (C=O) groups excluding carboxylic acids is 1. The first kappa shape index (κ1) is 15.2. The quantitative estimate of drug-likeness (QED) is 0.858. The Hall–Kier alpha value is -1.37. The number of anilines is 1. The Morgan fingerprint density at radius 1 is 1.35 bits per heavy atom. The molecule has 7 heteroatoms. The van der Waals surface area contributed by atoms with E-state index < -0.39 is 0 Å². The zero-order chi connectivity index (χ0) is 15.9. The van der Waals surface area contributed by atoms with Gasteiger partial charge in [-0.15, -0.1) is 0 Å². The minimum atomic E-state index is -0.206. The number of halogens is 1. The molecule has 0 bridgehead atoms. The van der Waals surface area contributed by atoms with E-state index in [4.69, 9.17) is 21.3 Å². The molecular weight excluding hydrogens is 334 g/mol. The lowest BCUT2D eigenvalue weighted by atomic mass is 9.91. The second-order valence-corrected chi connectivity index (χ2v) is 7.60. The van der Waals surface area contributed by atoms with E-state index in [1.54, 1.807) is 11.3 Å². The van der Waals surface area contributed by atoms with E-state index in [0.717, 1.165) is 46.3 Å². The number of nitrogens with zero attached hydrogens (tertiary/aromatic N) is 2. The molecule has 2 saturated heterocycles. The lowest BCUT2D eigenvalue weighted by Gasteiger charge is -2.40. The van der Waals surface area contributed by atoms with Crippen LogP contribution in [0.5, 0.6) is 0 Å². The second-order valence-electron chi connectivity index (χ2n) is 6.15. The molecule has 2 aliphatic heterocycles. The van der Waals surface area contributed by atoms with Crippen molar-refractivity contribution in [3.8, 4) is 0 Å². The molecule has 2 aromatic rings. The molecule has 0 atom stereocenters. The first-order valence-corrected chi connectivity index (χ1v) is 9.05. The van der Waals surface area contributed by atoms with Gasteiger partial charge in [-0.25, -0.2) is 4.98 Å². The minimum Gasteiger partial charge on any atom is -0.372 e. The molecule has 1 amide bonds. The predicted molar refractivity (Wildman–Crippen MR) is 92.4 cm³/mol. The third-order valence-corrected chi connectivity index (χ3v) is 5.94. The first-order chi connectivity index (χ1) is 11.1. The summed E-state index contributed by atoms with van der Waals surface area (Å²) in [6, 6.07) is 5.81. The first-order valence-electron chi connectivity index (χ1n) is 7.85. The van der Waals surface area contributed by atoms with Crippen LogP contribution in [0.2, 0.25) is 5.02 Å². The second kappa shape index (κ2) is 5.92. The molecule has 1 spiro atoms. The van der Waals surface area contributed by atoms with Gasteiger partial charge >= 0.3 is 0 Å². The lowest BCUT2D eigenvalue weighted by Crippen LogP contribution is -2.51. The Morgan fingerprint density at radius 3 is 3.00 bits per heavy atom. The number of rotatable bonds is 1. The van der Waals surface area contributed by atoms with Crippen LogP contribution >= 0.6 is 22.9 Å². The van der Waals surface area contributed by atoms with Crippen LogP contribution in [0.1, 0.15) is 19.3 Å². The Balaban J connectivity index is 1.49. The fraction of sp³-hybridized carbons (Fsp3) is 0.500. The monoisotopic (exact) mass is 351 g/mol. The van der Waals surface area contributed by atoms with Crippen molar-refractivity contribution in [1.29, 1.82) is 0 Å². The number of aromatic nitrogens is 1. The van der Waals surface area contributed by atoms with Gasteiger partial charge in [-0.2, -0.15) is 0 Å². The van der Waals surface area contributed by atoms with Crippen molar-refractivity contribution < 1.29 is 9.53 Å². The van der Waals surface area contributed by atoms with Crippen LogP contribution in [0.25, 0.3) is 10.2 Å². The van der Waals surface area contributed by atoms with Gasteiger partial charge in [0.05, 0.1) is 22.4 Å². The third kappa shape index (κ3) is 3.03. The zero-order valence-corrected chi connectivity index (χ0v) is 14.3. The Kier molecular flexibility index (Phi) is 3.91. The van der Waals surface area contributed by atoms with Crippen molar-refractivity contribution in [1.82, 2.24) is 10.3 Å². The molecule has 1 aromatic heterocycles. The Morgan fingerprint density at radius 2 is 2.17 bits per heavy atom. The van der Waals surface area contributed by atoms with E-state index in [0.29, 0.717) is 19.6 Å². The molecular formula is C16H18ClN3O2S. The van der Waals surface area contributed by atoms with Gasteiger partial charge in [0.1, 0.15) is 0 Å². The van der Waals surface area contributed by atoms with Gasteiger partial charge in [-0.05, 0) is 31.0 Å². The summed E-state index contributed by atoms with van der Waals surface area (Å²) in [4.78, 5) is 18.5. The van der Waals surface area contributed by atoms with Gasteiger partial charge in [-0.1, -0.05) is 22.9 Å². The zero-order valence-electron chi connectivity index (χ0n) is 12.7. The van der Waals surface area contributed by atoms with Gasteiger partial charge in [-0.3, -0.25) is 4.79 Å². The molecule has 4 rings (SSSR count). The Bertz CT molecular complexity index is 740. The summed E-state index contributed by atoms with van der Waals surface area (Å²) < 4.78 is 7.13. The maximum atomic E-state index is 11.5. The molecule has 0 unspecified atom stereocenters. The van der Waals surface area contributed by atoms with Crippen molar-refractivity contribution in [2.75, 3.05) is 31.1 Å². The minimum absolute atomic E-state index is 0.0901. The van der Waals surface area contributed by atoms with Crippen molar-refractivity contribution in [2.45, 2.75) is 24.9 Å². The fourth-order valence-corrected chi connectivity index (χ4v) is 4.50. The molecule has 23 heavy (non-hydrogen) atoms. The van der Waals surface area contributed by atoms with Crippen LogP contribution in [0.4, 0.5) is 5.13 Å². The molecule has 2 fully saturated rings. The third-order valence-electron chi connectivity index (χ3n) is 4.63. The summed E-state index contributed by atoms with van der Waals surface area (Å²) in [6.45, 7) is 2.92. The maximum Gasteiger partial charge on any atom is 0.222 e. The van der Waals surface area contributed by atoms with Crippen molar-refractivity contribution in [3.63, 3.8) is 0 Å². The molecule has 0 saturated carbocycles. The summed E-state index contributed by atoms with van der Waals surface area (Å²) >= 11 is 7.73. The lowest BCUT2D eigenvalue weighted by molar-refractivity contribution is -0.120. The number of thiazole rings is 1. The van der Waals surface area contributed by atoms with Gasteiger partial charge < -0.3 is 15.0 Å². The summed E-state index contributed by atoms with van der Waals surface area (Å²) in [7, 11) is 0. The van der Waals surface area contributed by atoms with Crippen LogP contribution in [0.3, 0.4) is 0 Å². The van der Waals surface area contributed by atoms with Gasteiger partial charge in [0, 0.05) is 31.1 Å². The smallest absolute Gasteiger partial charge is 0.222 e. The molecule has 0 aliphatic carbocycles. The van der Waals surface area contributed by atoms with E-state index >= 15 is 0 Å². The molecule has 122 valence electrons. The number of hydrogen-bond acceptors (Lipinski definition) is 5. The molecule has 5 nitrogen and oxygen atoms in total. The van der Waals surface area contributed by atoms with E-state index in [-0.39, 0.29) is 11.5 Å². The molecule has 1 N–H and O–H groups in total. The summed E-state index contributed by atoms with van der Waals surface area (Å²) in [5.74, 6) is 0.0901. The molecule has 2 aliphatic rings. The van der Waals surface area contributed by atoms with Crippen LogP contribution in [-0.4, -0.2) is 42.7 Å². The number of piperidine rings is 1. The number of fused-ring (bicyclic) bond motifs is 1. The average molecular weight is 352 g/mol. The SMILES string of the molecule is O=C1CCOC2(CCN(c3nc4ccc(Cl)cc4s3)CC2)CN1.